The number of hydrogen-bond acceptors (Lipinski definition) is 5. The van der Waals surface area contributed by atoms with E-state index < -0.39 is 24.0 Å². The minimum absolute atomic E-state index is 0.105. The standard InChI is InChI=1S/C17H23N3O4/c1-24-17(23)14(10-12-7-8-19-15(12)21)20-16(22)13(18)9-11-5-3-2-4-6-11/h2-6,12-14H,7-10,18H2,1H3,(H,19,21)(H,20,22)/t12-,13-,14-/m0/s1. The van der Waals surface area contributed by atoms with E-state index in [2.05, 4.69) is 10.6 Å². The summed E-state index contributed by atoms with van der Waals surface area (Å²) in [6, 6.07) is 7.73. The van der Waals surface area contributed by atoms with E-state index in [9.17, 15) is 14.4 Å². The van der Waals surface area contributed by atoms with Gasteiger partial charge in [-0.15, -0.1) is 0 Å². The molecule has 1 aromatic carbocycles. The molecule has 4 N–H and O–H groups in total. The fraction of sp³-hybridized carbons (Fsp3) is 0.471. The van der Waals surface area contributed by atoms with Gasteiger partial charge in [0.1, 0.15) is 6.04 Å². The predicted octanol–water partition coefficient (Wildman–Crippen LogP) is -0.260. The maximum Gasteiger partial charge on any atom is 0.328 e. The van der Waals surface area contributed by atoms with Crippen LogP contribution in [0.4, 0.5) is 0 Å². The SMILES string of the molecule is COC(=O)[C@H](C[C@@H]1CCNC1=O)NC(=O)[C@@H](N)Cc1ccccc1. The number of carbonyl (C=O) groups excluding carboxylic acids is 3. The summed E-state index contributed by atoms with van der Waals surface area (Å²) in [4.78, 5) is 35.9. The number of methoxy groups -OCH3 is 1. The van der Waals surface area contributed by atoms with E-state index >= 15 is 0 Å². The molecule has 24 heavy (non-hydrogen) atoms. The Labute approximate surface area is 140 Å². The number of nitrogens with one attached hydrogen (secondary N) is 2. The molecular formula is C17H23N3O4. The average molecular weight is 333 g/mol. The Morgan fingerprint density at radius 3 is 2.67 bits per heavy atom. The first-order valence-electron chi connectivity index (χ1n) is 7.96. The second-order valence-corrected chi connectivity index (χ2v) is 5.89. The zero-order valence-electron chi connectivity index (χ0n) is 13.7. The smallest absolute Gasteiger partial charge is 0.328 e. The third-order valence-corrected chi connectivity index (χ3v) is 4.12. The molecule has 1 aliphatic heterocycles. The van der Waals surface area contributed by atoms with E-state index in [4.69, 9.17) is 10.5 Å². The van der Waals surface area contributed by atoms with Gasteiger partial charge in [-0.2, -0.15) is 0 Å². The van der Waals surface area contributed by atoms with Gasteiger partial charge < -0.3 is 21.1 Å². The second kappa shape index (κ2) is 8.44. The number of esters is 1. The minimum atomic E-state index is -0.877. The lowest BCUT2D eigenvalue weighted by molar-refractivity contribution is -0.146. The zero-order chi connectivity index (χ0) is 17.5. The summed E-state index contributed by atoms with van der Waals surface area (Å²) in [5, 5.41) is 5.33. The number of hydrogen-bond donors (Lipinski definition) is 3. The summed E-state index contributed by atoms with van der Waals surface area (Å²) in [5.74, 6) is -1.42. The molecule has 1 aliphatic rings. The van der Waals surface area contributed by atoms with Crippen molar-refractivity contribution in [3.63, 3.8) is 0 Å². The Morgan fingerprint density at radius 1 is 1.38 bits per heavy atom. The number of amides is 2. The van der Waals surface area contributed by atoms with Crippen LogP contribution in [-0.2, 0) is 25.5 Å². The molecule has 0 aromatic heterocycles. The van der Waals surface area contributed by atoms with Crippen LogP contribution < -0.4 is 16.4 Å². The normalized spacial score (nSPS) is 19.2. The molecule has 3 atom stereocenters. The fourth-order valence-electron chi connectivity index (χ4n) is 2.75. The highest BCUT2D eigenvalue weighted by molar-refractivity contribution is 5.88. The Bertz CT molecular complexity index is 591. The van der Waals surface area contributed by atoms with Crippen LogP contribution in [-0.4, -0.2) is 43.5 Å². The van der Waals surface area contributed by atoms with E-state index in [1.165, 1.54) is 7.11 Å². The highest BCUT2D eigenvalue weighted by atomic mass is 16.5. The monoisotopic (exact) mass is 333 g/mol. The molecule has 0 radical (unpaired) electrons. The van der Waals surface area contributed by atoms with Gasteiger partial charge in [-0.25, -0.2) is 4.79 Å². The molecular weight excluding hydrogens is 310 g/mol. The molecule has 1 aromatic rings. The van der Waals surface area contributed by atoms with Crippen molar-refractivity contribution in [2.45, 2.75) is 31.3 Å². The quantitative estimate of drug-likeness (QED) is 0.596. The summed E-state index contributed by atoms with van der Waals surface area (Å²) in [6.45, 7) is 0.582. The van der Waals surface area contributed by atoms with Gasteiger partial charge in [0, 0.05) is 12.5 Å². The Kier molecular flexibility index (Phi) is 6.31. The number of rotatable bonds is 7. The van der Waals surface area contributed by atoms with E-state index in [0.29, 0.717) is 19.4 Å². The Morgan fingerprint density at radius 2 is 2.08 bits per heavy atom. The third kappa shape index (κ3) is 4.79. The van der Waals surface area contributed by atoms with E-state index in [1.54, 1.807) is 0 Å². The molecule has 2 amide bonds. The number of benzene rings is 1. The summed E-state index contributed by atoms with van der Waals surface area (Å²) in [6.07, 6.45) is 1.21. The summed E-state index contributed by atoms with van der Waals surface area (Å²) in [7, 11) is 1.25. The highest BCUT2D eigenvalue weighted by Crippen LogP contribution is 2.17. The lowest BCUT2D eigenvalue weighted by Crippen LogP contribution is -2.50. The van der Waals surface area contributed by atoms with Crippen LogP contribution in [0.15, 0.2) is 30.3 Å². The van der Waals surface area contributed by atoms with Gasteiger partial charge in [-0.1, -0.05) is 30.3 Å². The molecule has 0 saturated carbocycles. The van der Waals surface area contributed by atoms with Crippen molar-refractivity contribution in [3.8, 4) is 0 Å². The van der Waals surface area contributed by atoms with Gasteiger partial charge in [0.2, 0.25) is 11.8 Å². The van der Waals surface area contributed by atoms with Crippen molar-refractivity contribution in [1.82, 2.24) is 10.6 Å². The van der Waals surface area contributed by atoms with Crippen LogP contribution in [0.3, 0.4) is 0 Å². The molecule has 7 nitrogen and oxygen atoms in total. The molecule has 7 heteroatoms. The molecule has 0 aliphatic carbocycles. The van der Waals surface area contributed by atoms with Crippen molar-refractivity contribution in [2.75, 3.05) is 13.7 Å². The first kappa shape index (κ1) is 17.9. The van der Waals surface area contributed by atoms with Crippen LogP contribution in [0.5, 0.6) is 0 Å². The largest absolute Gasteiger partial charge is 0.467 e. The first-order chi connectivity index (χ1) is 11.5. The topological polar surface area (TPSA) is 111 Å². The molecule has 2 rings (SSSR count). The molecule has 1 saturated heterocycles. The zero-order valence-corrected chi connectivity index (χ0v) is 13.7. The first-order valence-corrected chi connectivity index (χ1v) is 7.96. The van der Waals surface area contributed by atoms with Gasteiger partial charge in [0.25, 0.3) is 0 Å². The van der Waals surface area contributed by atoms with Crippen molar-refractivity contribution in [3.05, 3.63) is 35.9 Å². The maximum absolute atomic E-state index is 12.3. The van der Waals surface area contributed by atoms with Gasteiger partial charge in [-0.05, 0) is 24.8 Å². The van der Waals surface area contributed by atoms with Crippen LogP contribution >= 0.6 is 0 Å². The third-order valence-electron chi connectivity index (χ3n) is 4.12. The predicted molar refractivity (Wildman–Crippen MR) is 87.8 cm³/mol. The molecule has 0 spiro atoms. The fourth-order valence-corrected chi connectivity index (χ4v) is 2.75. The van der Waals surface area contributed by atoms with E-state index in [0.717, 1.165) is 5.56 Å². The van der Waals surface area contributed by atoms with Crippen LogP contribution in [0.25, 0.3) is 0 Å². The molecule has 1 fully saturated rings. The Hall–Kier alpha value is -2.41. The van der Waals surface area contributed by atoms with E-state index in [1.807, 2.05) is 30.3 Å². The number of nitrogens with two attached hydrogens (primary N) is 1. The van der Waals surface area contributed by atoms with Gasteiger partial charge >= 0.3 is 5.97 Å². The summed E-state index contributed by atoms with van der Waals surface area (Å²) >= 11 is 0. The van der Waals surface area contributed by atoms with Gasteiger partial charge in [0.05, 0.1) is 13.2 Å². The minimum Gasteiger partial charge on any atom is -0.467 e. The number of carbonyl (C=O) groups is 3. The summed E-state index contributed by atoms with van der Waals surface area (Å²) < 4.78 is 4.73. The van der Waals surface area contributed by atoms with Gasteiger partial charge in [-0.3, -0.25) is 9.59 Å². The maximum atomic E-state index is 12.3. The number of ether oxygens (including phenoxy) is 1. The van der Waals surface area contributed by atoms with Crippen molar-refractivity contribution < 1.29 is 19.1 Å². The van der Waals surface area contributed by atoms with E-state index in [-0.39, 0.29) is 18.2 Å². The van der Waals surface area contributed by atoms with Crippen molar-refractivity contribution >= 4 is 17.8 Å². The van der Waals surface area contributed by atoms with Crippen molar-refractivity contribution in [2.24, 2.45) is 11.7 Å². The van der Waals surface area contributed by atoms with Gasteiger partial charge in [0.15, 0.2) is 0 Å². The molecule has 130 valence electrons. The molecule has 0 bridgehead atoms. The van der Waals surface area contributed by atoms with Crippen LogP contribution in [0.2, 0.25) is 0 Å². The second-order valence-electron chi connectivity index (χ2n) is 5.89. The highest BCUT2D eigenvalue weighted by Gasteiger charge is 2.32. The average Bonchev–Trinajstić information content (AvgIpc) is 2.99. The molecule has 0 unspecified atom stereocenters. The lowest BCUT2D eigenvalue weighted by Gasteiger charge is -2.21. The Balaban J connectivity index is 1.95. The van der Waals surface area contributed by atoms with Crippen LogP contribution in [0, 0.1) is 5.92 Å². The lowest BCUT2D eigenvalue weighted by atomic mass is 9.97. The summed E-state index contributed by atoms with van der Waals surface area (Å²) in [5.41, 5.74) is 6.87. The van der Waals surface area contributed by atoms with Crippen molar-refractivity contribution in [1.29, 1.82) is 0 Å². The van der Waals surface area contributed by atoms with Crippen LogP contribution in [0.1, 0.15) is 18.4 Å². The molecule has 1 heterocycles.